The molecule has 1 aliphatic heterocycles. The van der Waals surface area contributed by atoms with Crippen LogP contribution in [0.3, 0.4) is 0 Å². The predicted molar refractivity (Wildman–Crippen MR) is 93.3 cm³/mol. The number of carbonyl (C=O) groups is 1. The van der Waals surface area contributed by atoms with Crippen LogP contribution in [0.25, 0.3) is 10.9 Å². The van der Waals surface area contributed by atoms with Crippen LogP contribution in [-0.2, 0) is 0 Å². The van der Waals surface area contributed by atoms with Crippen LogP contribution in [-0.4, -0.2) is 59.9 Å². The molecule has 0 bridgehead atoms. The lowest BCUT2D eigenvalue weighted by molar-refractivity contribution is 0.0694. The molecule has 6 nitrogen and oxygen atoms in total. The molecule has 27 heavy (non-hydrogen) atoms. The average molecular weight is 381 g/mol. The maximum absolute atomic E-state index is 15.4. The molecule has 2 aromatic rings. The second-order valence-electron chi connectivity index (χ2n) is 7.11. The number of benzene rings is 1. The summed E-state index contributed by atoms with van der Waals surface area (Å²) in [6.45, 7) is 2.05. The summed E-state index contributed by atoms with van der Waals surface area (Å²) >= 11 is 0. The van der Waals surface area contributed by atoms with Gasteiger partial charge in [-0.2, -0.15) is 0 Å². The predicted octanol–water partition coefficient (Wildman–Crippen LogP) is 2.01. The second-order valence-corrected chi connectivity index (χ2v) is 7.11. The van der Waals surface area contributed by atoms with E-state index in [1.54, 1.807) is 4.90 Å². The summed E-state index contributed by atoms with van der Waals surface area (Å²) in [5.41, 5.74) is -2.12. The monoisotopic (exact) mass is 381 g/mol. The maximum atomic E-state index is 15.4. The van der Waals surface area contributed by atoms with Crippen molar-refractivity contribution in [1.29, 1.82) is 0 Å². The van der Waals surface area contributed by atoms with Gasteiger partial charge in [0.2, 0.25) is 5.43 Å². The number of aromatic nitrogens is 1. The molecule has 2 heterocycles. The van der Waals surface area contributed by atoms with E-state index in [4.69, 9.17) is 0 Å². The number of carboxylic acids is 1. The van der Waals surface area contributed by atoms with Gasteiger partial charge in [-0.25, -0.2) is 18.0 Å². The molecule has 0 amide bonds. The van der Waals surface area contributed by atoms with Crippen molar-refractivity contribution in [2.24, 2.45) is 0 Å². The van der Waals surface area contributed by atoms with E-state index in [2.05, 4.69) is 0 Å². The lowest BCUT2D eigenvalue weighted by atomic mass is 10.1. The van der Waals surface area contributed by atoms with Gasteiger partial charge in [-0.05, 0) is 13.1 Å². The first-order chi connectivity index (χ1) is 12.8. The zero-order valence-electron chi connectivity index (χ0n) is 14.6. The molecule has 0 spiro atoms. The number of carboxylic acid groups (broad SMARTS) is 1. The van der Waals surface area contributed by atoms with E-state index < -0.39 is 40.8 Å². The average Bonchev–Trinajstić information content (AvgIpc) is 3.33. The molecule has 144 valence electrons. The third-order valence-electron chi connectivity index (χ3n) is 5.27. The van der Waals surface area contributed by atoms with E-state index in [0.29, 0.717) is 26.2 Å². The summed E-state index contributed by atoms with van der Waals surface area (Å²) < 4.78 is 44.9. The van der Waals surface area contributed by atoms with Crippen molar-refractivity contribution < 1.29 is 23.1 Å². The van der Waals surface area contributed by atoms with Crippen LogP contribution in [0, 0.1) is 11.6 Å². The van der Waals surface area contributed by atoms with Crippen LogP contribution in [0.2, 0.25) is 0 Å². The number of anilines is 1. The first-order valence-electron chi connectivity index (χ1n) is 8.67. The van der Waals surface area contributed by atoms with Gasteiger partial charge in [-0.3, -0.25) is 4.79 Å². The van der Waals surface area contributed by atoms with Gasteiger partial charge in [0.15, 0.2) is 5.82 Å². The Kier molecular flexibility index (Phi) is 4.14. The van der Waals surface area contributed by atoms with Crippen molar-refractivity contribution in [3.8, 4) is 0 Å². The number of pyridine rings is 1. The molecule has 0 unspecified atom stereocenters. The van der Waals surface area contributed by atoms with Gasteiger partial charge in [0, 0.05) is 38.8 Å². The number of halogens is 3. The van der Waals surface area contributed by atoms with Crippen molar-refractivity contribution in [2.45, 2.75) is 18.6 Å². The Balaban J connectivity index is 1.97. The third kappa shape index (κ3) is 2.86. The molecule has 2 aliphatic rings. The highest BCUT2D eigenvalue weighted by atomic mass is 19.1. The van der Waals surface area contributed by atoms with E-state index in [1.807, 2.05) is 11.9 Å². The summed E-state index contributed by atoms with van der Waals surface area (Å²) in [5.74, 6) is -3.40. The molecular formula is C18H18F3N3O3. The van der Waals surface area contributed by atoms with E-state index in [0.717, 1.165) is 16.8 Å². The molecule has 1 aromatic heterocycles. The first kappa shape index (κ1) is 17.8. The fourth-order valence-electron chi connectivity index (χ4n) is 3.61. The Morgan fingerprint density at radius 2 is 1.85 bits per heavy atom. The second kappa shape index (κ2) is 6.26. The van der Waals surface area contributed by atoms with Gasteiger partial charge < -0.3 is 19.5 Å². The minimum absolute atomic E-state index is 0.0949. The van der Waals surface area contributed by atoms with Gasteiger partial charge in [-0.15, -0.1) is 0 Å². The number of hydrogen-bond donors (Lipinski definition) is 1. The Morgan fingerprint density at radius 1 is 1.22 bits per heavy atom. The molecular weight excluding hydrogens is 363 g/mol. The summed E-state index contributed by atoms with van der Waals surface area (Å²) in [6.07, 6.45) is -0.196. The quantitative estimate of drug-likeness (QED) is 0.881. The number of likely N-dealkylation sites (N-methyl/N-ethyl adjacent to an activating group) is 1. The van der Waals surface area contributed by atoms with Crippen LogP contribution >= 0.6 is 0 Å². The highest BCUT2D eigenvalue weighted by Gasteiger charge is 2.41. The van der Waals surface area contributed by atoms with Gasteiger partial charge >= 0.3 is 5.97 Å². The lowest BCUT2D eigenvalue weighted by Crippen LogP contribution is -2.45. The van der Waals surface area contributed by atoms with Gasteiger partial charge in [0.25, 0.3) is 0 Å². The fraction of sp³-hybridized carbons (Fsp3) is 0.444. The van der Waals surface area contributed by atoms with Crippen LogP contribution in [0.5, 0.6) is 0 Å². The molecule has 1 aromatic carbocycles. The normalized spacial score (nSPS) is 23.0. The van der Waals surface area contributed by atoms with Crippen LogP contribution in [0.1, 0.15) is 22.8 Å². The molecule has 1 aliphatic carbocycles. The zero-order chi connectivity index (χ0) is 19.5. The number of nitrogens with zero attached hydrogens (tertiary/aromatic N) is 3. The zero-order valence-corrected chi connectivity index (χ0v) is 14.6. The molecule has 9 heteroatoms. The van der Waals surface area contributed by atoms with E-state index >= 15 is 4.39 Å². The minimum Gasteiger partial charge on any atom is -0.477 e. The summed E-state index contributed by atoms with van der Waals surface area (Å²) in [4.78, 5) is 27.4. The Morgan fingerprint density at radius 3 is 2.41 bits per heavy atom. The lowest BCUT2D eigenvalue weighted by Gasteiger charge is -2.34. The summed E-state index contributed by atoms with van der Waals surface area (Å²) in [5, 5.41) is 8.84. The number of alkyl halides is 1. The fourth-order valence-corrected chi connectivity index (χ4v) is 3.61. The minimum atomic E-state index is -1.52. The Hall–Kier alpha value is -2.55. The summed E-state index contributed by atoms with van der Waals surface area (Å²) in [7, 11) is 1.91. The van der Waals surface area contributed by atoms with Crippen molar-refractivity contribution in [2.75, 3.05) is 38.1 Å². The SMILES string of the molecule is CN1CCN(c2c(F)cc3c(=O)c(C(=O)O)cn([C@H]4C[C@@H]4F)c3c2F)CC1. The molecule has 4 rings (SSSR count). The van der Waals surface area contributed by atoms with E-state index in [1.165, 1.54) is 0 Å². The van der Waals surface area contributed by atoms with E-state index in [9.17, 15) is 23.5 Å². The van der Waals surface area contributed by atoms with E-state index in [-0.39, 0.29) is 23.0 Å². The van der Waals surface area contributed by atoms with Gasteiger partial charge in [0.05, 0.1) is 16.9 Å². The Labute approximate surface area is 152 Å². The van der Waals surface area contributed by atoms with Gasteiger partial charge in [-0.1, -0.05) is 0 Å². The van der Waals surface area contributed by atoms with Crippen molar-refractivity contribution in [1.82, 2.24) is 9.47 Å². The van der Waals surface area contributed by atoms with Crippen LogP contribution < -0.4 is 10.3 Å². The highest BCUT2D eigenvalue weighted by molar-refractivity contribution is 5.94. The number of hydrogen-bond acceptors (Lipinski definition) is 4. The van der Waals surface area contributed by atoms with Crippen molar-refractivity contribution in [3.63, 3.8) is 0 Å². The summed E-state index contributed by atoms with van der Waals surface area (Å²) in [6, 6.07) is 0.110. The first-order valence-corrected chi connectivity index (χ1v) is 8.67. The topological polar surface area (TPSA) is 65.8 Å². The number of fused-ring (bicyclic) bond motifs is 1. The van der Waals surface area contributed by atoms with Crippen LogP contribution in [0.15, 0.2) is 17.1 Å². The molecule has 1 saturated heterocycles. The number of rotatable bonds is 3. The Bertz CT molecular complexity index is 999. The number of piperazine rings is 1. The highest BCUT2D eigenvalue weighted by Crippen LogP contribution is 2.42. The standard InChI is InChI=1S/C18H18F3N3O3/c1-22-2-4-23(5-3-22)16-12(20)6-9-15(14(16)21)24(13-7-11(13)19)8-10(17(9)25)18(26)27/h6,8,11,13H,2-5,7H2,1H3,(H,26,27)/t11-,13-/m0/s1. The number of aromatic carboxylic acids is 1. The third-order valence-corrected chi connectivity index (χ3v) is 5.27. The van der Waals surface area contributed by atoms with Crippen LogP contribution in [0.4, 0.5) is 18.9 Å². The molecule has 1 saturated carbocycles. The van der Waals surface area contributed by atoms with Crippen molar-refractivity contribution in [3.05, 3.63) is 39.7 Å². The molecule has 2 fully saturated rings. The van der Waals surface area contributed by atoms with Crippen molar-refractivity contribution >= 4 is 22.6 Å². The van der Waals surface area contributed by atoms with Gasteiger partial charge in [0.1, 0.15) is 23.2 Å². The molecule has 2 atom stereocenters. The largest absolute Gasteiger partial charge is 0.477 e. The molecule has 0 radical (unpaired) electrons. The maximum Gasteiger partial charge on any atom is 0.341 e. The smallest absolute Gasteiger partial charge is 0.341 e. The molecule has 1 N–H and O–H groups in total.